The Hall–Kier alpha value is -1.81. The van der Waals surface area contributed by atoms with Gasteiger partial charge in [0.05, 0.1) is 12.9 Å². The van der Waals surface area contributed by atoms with E-state index in [0.29, 0.717) is 17.0 Å². The molecule has 0 radical (unpaired) electrons. The molecule has 3 heterocycles. The van der Waals surface area contributed by atoms with Crippen molar-refractivity contribution in [2.45, 2.75) is 37.9 Å². The molecular formula is C14H21N5O4. The zero-order valence-corrected chi connectivity index (χ0v) is 13.1. The van der Waals surface area contributed by atoms with Gasteiger partial charge in [-0.2, -0.15) is 0 Å². The average molecular weight is 323 g/mol. The van der Waals surface area contributed by atoms with E-state index in [1.165, 1.54) is 12.7 Å². The number of imidazole rings is 1. The Kier molecular flexibility index (Phi) is 4.44. The standard InChI is InChI=1S/C14H21N5O4/c1-3-4-18(2)12-9-13(16-6-15-12)19(7-17-9)14-11(22)10(21)8(5-20)23-14/h6-8,10-11,14,20-22H,3-5H2,1-2H3/t8-,10-,11-,14?/m1/s1. The van der Waals surface area contributed by atoms with E-state index in [-0.39, 0.29) is 6.61 Å². The number of hydrogen-bond acceptors (Lipinski definition) is 8. The molecule has 23 heavy (non-hydrogen) atoms. The first-order valence-electron chi connectivity index (χ1n) is 7.59. The van der Waals surface area contributed by atoms with Crippen molar-refractivity contribution in [3.63, 3.8) is 0 Å². The Balaban J connectivity index is 1.99. The number of rotatable bonds is 5. The molecule has 0 saturated carbocycles. The maximum atomic E-state index is 10.2. The number of aliphatic hydroxyl groups excluding tert-OH is 3. The smallest absolute Gasteiger partial charge is 0.167 e. The van der Waals surface area contributed by atoms with Gasteiger partial charge in [0.2, 0.25) is 0 Å². The van der Waals surface area contributed by atoms with Crippen molar-refractivity contribution in [2.75, 3.05) is 25.1 Å². The molecule has 9 heteroatoms. The van der Waals surface area contributed by atoms with Crippen LogP contribution in [0.2, 0.25) is 0 Å². The summed E-state index contributed by atoms with van der Waals surface area (Å²) in [5.74, 6) is 0.697. The van der Waals surface area contributed by atoms with Crippen molar-refractivity contribution in [3.05, 3.63) is 12.7 Å². The molecule has 2 aromatic heterocycles. The van der Waals surface area contributed by atoms with Gasteiger partial charge in [0.15, 0.2) is 23.2 Å². The van der Waals surface area contributed by atoms with Crippen molar-refractivity contribution in [1.29, 1.82) is 0 Å². The van der Waals surface area contributed by atoms with Gasteiger partial charge in [0.1, 0.15) is 24.6 Å². The van der Waals surface area contributed by atoms with E-state index >= 15 is 0 Å². The molecule has 1 aliphatic heterocycles. The van der Waals surface area contributed by atoms with Crippen molar-refractivity contribution in [3.8, 4) is 0 Å². The number of ether oxygens (including phenoxy) is 1. The molecule has 2 aromatic rings. The zero-order valence-electron chi connectivity index (χ0n) is 13.1. The molecule has 0 bridgehead atoms. The van der Waals surface area contributed by atoms with E-state index < -0.39 is 24.5 Å². The minimum Gasteiger partial charge on any atom is -0.394 e. The molecule has 1 aliphatic rings. The third kappa shape index (κ3) is 2.65. The van der Waals surface area contributed by atoms with Gasteiger partial charge < -0.3 is 25.0 Å². The van der Waals surface area contributed by atoms with Crippen LogP contribution in [0.5, 0.6) is 0 Å². The van der Waals surface area contributed by atoms with Crippen LogP contribution in [0.25, 0.3) is 11.2 Å². The summed E-state index contributed by atoms with van der Waals surface area (Å²) >= 11 is 0. The van der Waals surface area contributed by atoms with Gasteiger partial charge in [-0.05, 0) is 6.42 Å². The van der Waals surface area contributed by atoms with Gasteiger partial charge in [0, 0.05) is 13.6 Å². The second kappa shape index (κ2) is 6.36. The van der Waals surface area contributed by atoms with Crippen molar-refractivity contribution >= 4 is 17.0 Å². The van der Waals surface area contributed by atoms with Crippen LogP contribution in [-0.2, 0) is 4.74 Å². The second-order valence-electron chi connectivity index (χ2n) is 5.67. The number of aliphatic hydroxyl groups is 3. The Morgan fingerprint density at radius 1 is 1.26 bits per heavy atom. The normalized spacial score (nSPS) is 27.7. The topological polar surface area (TPSA) is 117 Å². The molecular weight excluding hydrogens is 302 g/mol. The average Bonchev–Trinajstić information content (AvgIpc) is 3.09. The third-order valence-electron chi connectivity index (χ3n) is 4.05. The lowest BCUT2D eigenvalue weighted by atomic mass is 10.1. The lowest BCUT2D eigenvalue weighted by molar-refractivity contribution is -0.0511. The molecule has 0 aromatic carbocycles. The predicted octanol–water partition coefficient (Wildman–Crippen LogP) is -0.716. The first-order chi connectivity index (χ1) is 11.1. The molecule has 0 amide bonds. The molecule has 1 unspecified atom stereocenters. The SMILES string of the molecule is CCCN(C)c1ncnc2c1ncn2C1O[C@H](CO)[C@@H](O)[C@H]1O. The minimum absolute atomic E-state index is 0.374. The Labute approximate surface area is 133 Å². The van der Waals surface area contributed by atoms with Gasteiger partial charge >= 0.3 is 0 Å². The lowest BCUT2D eigenvalue weighted by Crippen LogP contribution is -2.33. The monoisotopic (exact) mass is 323 g/mol. The van der Waals surface area contributed by atoms with Crippen LogP contribution < -0.4 is 4.90 Å². The van der Waals surface area contributed by atoms with E-state index in [9.17, 15) is 15.3 Å². The molecule has 126 valence electrons. The van der Waals surface area contributed by atoms with Crippen LogP contribution >= 0.6 is 0 Å². The van der Waals surface area contributed by atoms with Crippen molar-refractivity contribution in [2.24, 2.45) is 0 Å². The van der Waals surface area contributed by atoms with Crippen LogP contribution in [0, 0.1) is 0 Å². The fraction of sp³-hybridized carbons (Fsp3) is 0.643. The Bertz CT molecular complexity index is 678. The van der Waals surface area contributed by atoms with Crippen LogP contribution in [0.1, 0.15) is 19.6 Å². The molecule has 4 atom stereocenters. The molecule has 0 spiro atoms. The third-order valence-corrected chi connectivity index (χ3v) is 4.05. The van der Waals surface area contributed by atoms with Crippen molar-refractivity contribution < 1.29 is 20.1 Å². The number of fused-ring (bicyclic) bond motifs is 1. The maximum Gasteiger partial charge on any atom is 0.167 e. The van der Waals surface area contributed by atoms with E-state index in [4.69, 9.17) is 4.74 Å². The summed E-state index contributed by atoms with van der Waals surface area (Å²) in [6.07, 6.45) is -0.116. The first kappa shape index (κ1) is 16.1. The second-order valence-corrected chi connectivity index (χ2v) is 5.67. The highest BCUT2D eigenvalue weighted by atomic mass is 16.6. The summed E-state index contributed by atoms with van der Waals surface area (Å²) in [5.41, 5.74) is 1.11. The molecule has 9 nitrogen and oxygen atoms in total. The number of anilines is 1. The lowest BCUT2D eigenvalue weighted by Gasteiger charge is -2.18. The van der Waals surface area contributed by atoms with Crippen LogP contribution in [0.15, 0.2) is 12.7 Å². The molecule has 0 aliphatic carbocycles. The molecule has 3 N–H and O–H groups in total. The van der Waals surface area contributed by atoms with Crippen LogP contribution in [-0.4, -0.2) is 73.3 Å². The van der Waals surface area contributed by atoms with Gasteiger partial charge in [-0.1, -0.05) is 6.92 Å². The highest BCUT2D eigenvalue weighted by Gasteiger charge is 2.44. The quantitative estimate of drug-likeness (QED) is 0.660. The van der Waals surface area contributed by atoms with Crippen molar-refractivity contribution in [1.82, 2.24) is 19.5 Å². The maximum absolute atomic E-state index is 10.2. The van der Waals surface area contributed by atoms with Crippen LogP contribution in [0.3, 0.4) is 0 Å². The summed E-state index contributed by atoms with van der Waals surface area (Å²) in [6.45, 7) is 2.53. The first-order valence-corrected chi connectivity index (χ1v) is 7.59. The highest BCUT2D eigenvalue weighted by molar-refractivity contribution is 5.83. The summed E-state index contributed by atoms with van der Waals surface area (Å²) in [5, 5.41) is 29.3. The molecule has 1 saturated heterocycles. The zero-order chi connectivity index (χ0) is 16.6. The van der Waals surface area contributed by atoms with Gasteiger partial charge in [-0.3, -0.25) is 4.57 Å². The fourth-order valence-corrected chi connectivity index (χ4v) is 2.86. The molecule has 1 fully saturated rings. The summed E-state index contributed by atoms with van der Waals surface area (Å²) in [7, 11) is 1.93. The van der Waals surface area contributed by atoms with Gasteiger partial charge in [-0.25, -0.2) is 15.0 Å². The largest absolute Gasteiger partial charge is 0.394 e. The predicted molar refractivity (Wildman–Crippen MR) is 81.9 cm³/mol. The number of nitrogens with zero attached hydrogens (tertiary/aromatic N) is 5. The Morgan fingerprint density at radius 2 is 2.04 bits per heavy atom. The van der Waals surface area contributed by atoms with Crippen LogP contribution in [0.4, 0.5) is 5.82 Å². The molecule has 3 rings (SSSR count). The summed E-state index contributed by atoms with van der Waals surface area (Å²) in [4.78, 5) is 14.8. The number of aromatic nitrogens is 4. The fourth-order valence-electron chi connectivity index (χ4n) is 2.86. The number of hydrogen-bond donors (Lipinski definition) is 3. The van der Waals surface area contributed by atoms with E-state index in [1.807, 2.05) is 11.9 Å². The van der Waals surface area contributed by atoms with E-state index in [2.05, 4.69) is 21.9 Å². The van der Waals surface area contributed by atoms with Gasteiger partial charge in [-0.15, -0.1) is 0 Å². The minimum atomic E-state index is -1.17. The van der Waals surface area contributed by atoms with E-state index in [0.717, 1.165) is 13.0 Å². The highest BCUT2D eigenvalue weighted by Crippen LogP contribution is 2.32. The Morgan fingerprint density at radius 3 is 2.70 bits per heavy atom. The summed E-state index contributed by atoms with van der Waals surface area (Å²) in [6, 6.07) is 0. The summed E-state index contributed by atoms with van der Waals surface area (Å²) < 4.78 is 7.09. The van der Waals surface area contributed by atoms with Gasteiger partial charge in [0.25, 0.3) is 0 Å². The van der Waals surface area contributed by atoms with E-state index in [1.54, 1.807) is 4.57 Å².